The van der Waals surface area contributed by atoms with Gasteiger partial charge in [-0.05, 0) is 52.1 Å². The van der Waals surface area contributed by atoms with Crippen LogP contribution >= 0.6 is 0 Å². The Morgan fingerprint density at radius 2 is 1.38 bits per heavy atom. The van der Waals surface area contributed by atoms with E-state index in [4.69, 9.17) is 0 Å². The smallest absolute Gasteiger partial charge is 0.136 e. The molecule has 160 valence electrons. The van der Waals surface area contributed by atoms with Crippen LogP contribution in [0.2, 0.25) is 0 Å². The van der Waals surface area contributed by atoms with Gasteiger partial charge >= 0.3 is 0 Å². The topological polar surface area (TPSA) is 81.0 Å². The molecule has 1 aliphatic heterocycles. The first-order valence-electron chi connectivity index (χ1n) is 10.2. The average molecular weight is 444 g/mol. The molecule has 3 N–H and O–H groups in total. The van der Waals surface area contributed by atoms with Crippen molar-refractivity contribution in [3.05, 3.63) is 108 Å². The summed E-state index contributed by atoms with van der Waals surface area (Å²) in [5.41, 5.74) is 5.17. The first-order chi connectivity index (χ1) is 15.5. The largest absolute Gasteiger partial charge is 0.508 e. The highest BCUT2D eigenvalue weighted by Crippen LogP contribution is 2.42. The predicted molar refractivity (Wildman–Crippen MR) is 124 cm³/mol. The van der Waals surface area contributed by atoms with Crippen LogP contribution in [0.25, 0.3) is 11.1 Å². The van der Waals surface area contributed by atoms with Gasteiger partial charge in [-0.3, -0.25) is 0 Å². The highest BCUT2D eigenvalue weighted by atomic mass is 32.2. The first kappa shape index (κ1) is 20.3. The molecule has 0 fully saturated rings. The van der Waals surface area contributed by atoms with E-state index in [0.29, 0.717) is 6.54 Å². The second kappa shape index (κ2) is 8.15. The van der Waals surface area contributed by atoms with Crippen LogP contribution in [-0.4, -0.2) is 23.8 Å². The minimum atomic E-state index is -1.63. The number of rotatable bonds is 4. The van der Waals surface area contributed by atoms with Crippen molar-refractivity contribution in [2.24, 2.45) is 0 Å². The van der Waals surface area contributed by atoms with Crippen molar-refractivity contribution in [3.8, 4) is 28.4 Å². The van der Waals surface area contributed by atoms with Gasteiger partial charge < -0.3 is 15.3 Å². The van der Waals surface area contributed by atoms with E-state index in [0.717, 1.165) is 27.8 Å². The van der Waals surface area contributed by atoms with Gasteiger partial charge in [-0.25, -0.2) is 8.51 Å². The van der Waals surface area contributed by atoms with Crippen molar-refractivity contribution in [1.29, 1.82) is 0 Å². The van der Waals surface area contributed by atoms with E-state index in [9.17, 15) is 19.5 Å². The third-order valence-corrected chi connectivity index (χ3v) is 7.22. The second-order valence-electron chi connectivity index (χ2n) is 7.75. The molecule has 0 amide bonds. The standard InChI is InChI=1S/C26H21NO4S/c28-21-11-9-18(10-12-21)17-5-7-19(8-6-17)26-23-4-2-1-3-20(23)16-27(26)32(31)25-14-13-22(29)15-24(25)30/h1-15,26,28-30H,16H2. The molecule has 0 bridgehead atoms. The normalized spacial score (nSPS) is 16.6. The van der Waals surface area contributed by atoms with Crippen LogP contribution in [0.3, 0.4) is 0 Å². The van der Waals surface area contributed by atoms with E-state index in [1.165, 1.54) is 18.2 Å². The number of phenols is 3. The van der Waals surface area contributed by atoms with Gasteiger partial charge in [0.05, 0.1) is 10.9 Å². The average Bonchev–Trinajstić information content (AvgIpc) is 3.19. The fourth-order valence-corrected chi connectivity index (χ4v) is 5.51. The van der Waals surface area contributed by atoms with E-state index in [1.54, 1.807) is 12.1 Å². The lowest BCUT2D eigenvalue weighted by molar-refractivity contribution is 0.410. The summed E-state index contributed by atoms with van der Waals surface area (Å²) in [5, 5.41) is 29.4. The quantitative estimate of drug-likeness (QED) is 0.410. The van der Waals surface area contributed by atoms with Crippen LogP contribution in [0.15, 0.2) is 95.9 Å². The van der Waals surface area contributed by atoms with Gasteiger partial charge in [-0.2, -0.15) is 0 Å². The zero-order valence-electron chi connectivity index (χ0n) is 17.1. The maximum absolute atomic E-state index is 13.5. The highest BCUT2D eigenvalue weighted by molar-refractivity contribution is 7.82. The summed E-state index contributed by atoms with van der Waals surface area (Å²) >= 11 is 0. The third kappa shape index (κ3) is 3.64. The summed E-state index contributed by atoms with van der Waals surface area (Å²) in [6, 6.07) is 27.0. The number of hydrogen-bond donors (Lipinski definition) is 3. The van der Waals surface area contributed by atoms with E-state index in [1.807, 2.05) is 65.0 Å². The fourth-order valence-electron chi connectivity index (χ4n) is 4.15. The number of hydrogen-bond acceptors (Lipinski definition) is 4. The molecule has 32 heavy (non-hydrogen) atoms. The Balaban J connectivity index is 1.53. The number of benzene rings is 4. The molecule has 5 nitrogen and oxygen atoms in total. The van der Waals surface area contributed by atoms with Crippen molar-refractivity contribution < 1.29 is 19.5 Å². The summed E-state index contributed by atoms with van der Waals surface area (Å²) < 4.78 is 15.4. The second-order valence-corrected chi connectivity index (χ2v) is 9.15. The van der Waals surface area contributed by atoms with Crippen LogP contribution in [0.5, 0.6) is 17.2 Å². The van der Waals surface area contributed by atoms with Crippen molar-refractivity contribution in [3.63, 3.8) is 0 Å². The zero-order chi connectivity index (χ0) is 22.2. The van der Waals surface area contributed by atoms with Gasteiger partial charge in [-0.15, -0.1) is 0 Å². The van der Waals surface area contributed by atoms with Crippen LogP contribution in [0, 0.1) is 0 Å². The summed E-state index contributed by atoms with van der Waals surface area (Å²) in [6.07, 6.45) is 0. The predicted octanol–water partition coefficient (Wildman–Crippen LogP) is 5.10. The molecule has 5 rings (SSSR count). The molecule has 0 aromatic heterocycles. The molecule has 6 heteroatoms. The Morgan fingerprint density at radius 1 is 0.750 bits per heavy atom. The van der Waals surface area contributed by atoms with E-state index >= 15 is 0 Å². The first-order valence-corrected chi connectivity index (χ1v) is 11.3. The number of aromatic hydroxyl groups is 3. The van der Waals surface area contributed by atoms with Crippen molar-refractivity contribution >= 4 is 11.0 Å². The number of phenolic OH excluding ortho intramolecular Hbond substituents is 3. The molecule has 0 saturated heterocycles. The molecular formula is C26H21NO4S. The van der Waals surface area contributed by atoms with Gasteiger partial charge in [0.1, 0.15) is 28.2 Å². The summed E-state index contributed by atoms with van der Waals surface area (Å²) in [5.74, 6) is -0.0430. The zero-order valence-corrected chi connectivity index (χ0v) is 17.9. The Hall–Kier alpha value is -3.61. The van der Waals surface area contributed by atoms with E-state index in [2.05, 4.69) is 0 Å². The Morgan fingerprint density at radius 3 is 2.06 bits per heavy atom. The summed E-state index contributed by atoms with van der Waals surface area (Å²) in [6.45, 7) is 0.480. The van der Waals surface area contributed by atoms with Crippen molar-refractivity contribution in [2.45, 2.75) is 17.5 Å². The molecule has 1 heterocycles. The lowest BCUT2D eigenvalue weighted by Gasteiger charge is -2.25. The minimum absolute atomic E-state index is 0.0747. The van der Waals surface area contributed by atoms with Gasteiger partial charge in [0.15, 0.2) is 0 Å². The molecule has 0 radical (unpaired) electrons. The molecule has 0 aliphatic carbocycles. The number of fused-ring (bicyclic) bond motifs is 1. The summed E-state index contributed by atoms with van der Waals surface area (Å²) in [7, 11) is -1.63. The Bertz CT molecular complexity index is 1300. The Kier molecular flexibility index (Phi) is 5.17. The fraction of sp³-hybridized carbons (Fsp3) is 0.0769. The van der Waals surface area contributed by atoms with Crippen LogP contribution in [0.4, 0.5) is 0 Å². The van der Waals surface area contributed by atoms with Gasteiger partial charge in [0.25, 0.3) is 0 Å². The molecule has 4 aromatic rings. The summed E-state index contributed by atoms with van der Waals surface area (Å²) in [4.78, 5) is 0.265. The molecule has 2 unspecified atom stereocenters. The maximum atomic E-state index is 13.5. The molecule has 0 spiro atoms. The third-order valence-electron chi connectivity index (χ3n) is 5.73. The van der Waals surface area contributed by atoms with Crippen molar-refractivity contribution in [1.82, 2.24) is 4.31 Å². The monoisotopic (exact) mass is 443 g/mol. The molecule has 2 atom stereocenters. The Labute approximate surface area is 188 Å². The molecular weight excluding hydrogens is 422 g/mol. The van der Waals surface area contributed by atoms with Crippen molar-refractivity contribution in [2.75, 3.05) is 0 Å². The molecule has 1 aliphatic rings. The van der Waals surface area contributed by atoms with Gasteiger partial charge in [0.2, 0.25) is 0 Å². The van der Waals surface area contributed by atoms with E-state index < -0.39 is 11.0 Å². The van der Waals surface area contributed by atoms with E-state index in [-0.39, 0.29) is 28.2 Å². The van der Waals surface area contributed by atoms with Crippen LogP contribution < -0.4 is 0 Å². The minimum Gasteiger partial charge on any atom is -0.508 e. The van der Waals surface area contributed by atoms with Gasteiger partial charge in [0, 0.05) is 12.6 Å². The molecule has 0 saturated carbocycles. The lowest BCUT2D eigenvalue weighted by Crippen LogP contribution is -2.25. The SMILES string of the molecule is O=S(c1ccc(O)cc1O)N1Cc2ccccc2C1c1ccc(-c2ccc(O)cc2)cc1. The highest BCUT2D eigenvalue weighted by Gasteiger charge is 2.36. The maximum Gasteiger partial charge on any atom is 0.136 e. The number of nitrogens with zero attached hydrogens (tertiary/aromatic N) is 1. The van der Waals surface area contributed by atoms with Gasteiger partial charge in [-0.1, -0.05) is 60.7 Å². The lowest BCUT2D eigenvalue weighted by atomic mass is 9.96. The van der Waals surface area contributed by atoms with Crippen LogP contribution in [-0.2, 0) is 17.5 Å². The molecule has 4 aromatic carbocycles. The van der Waals surface area contributed by atoms with Crippen LogP contribution in [0.1, 0.15) is 22.7 Å².